The van der Waals surface area contributed by atoms with Crippen LogP contribution in [0.4, 0.5) is 5.69 Å². The zero-order valence-corrected chi connectivity index (χ0v) is 26.1. The molecule has 0 saturated carbocycles. The van der Waals surface area contributed by atoms with Gasteiger partial charge in [-0.25, -0.2) is 20.9 Å². The van der Waals surface area contributed by atoms with Gasteiger partial charge >= 0.3 is 0 Å². The SMILES string of the molecule is CO[C@@H]1CCS(C)(C)C=C(CN(N)/C=C(\N)COc2nccc(-c3ccc4cc(N5CCCCC5)ccc4c3)c2C#N)O1. The van der Waals surface area contributed by atoms with Crippen molar-refractivity contribution < 1.29 is 14.2 Å². The number of hydrogen-bond acceptors (Lipinski definition) is 9. The van der Waals surface area contributed by atoms with E-state index in [0.29, 0.717) is 17.8 Å². The van der Waals surface area contributed by atoms with Gasteiger partial charge in [0.2, 0.25) is 5.88 Å². The first-order chi connectivity index (χ1) is 20.7. The van der Waals surface area contributed by atoms with Gasteiger partial charge in [0.25, 0.3) is 0 Å². The Bertz CT molecular complexity index is 1540. The minimum atomic E-state index is -0.952. The molecule has 1 fully saturated rings. The van der Waals surface area contributed by atoms with Crippen LogP contribution in [0.15, 0.2) is 71.7 Å². The van der Waals surface area contributed by atoms with Crippen molar-refractivity contribution in [1.29, 1.82) is 5.26 Å². The third-order valence-corrected chi connectivity index (χ3v) is 9.99. The van der Waals surface area contributed by atoms with E-state index in [9.17, 15) is 5.26 Å². The number of methoxy groups -OCH3 is 1. The summed E-state index contributed by atoms with van der Waals surface area (Å²) in [5.74, 6) is 8.26. The second-order valence-corrected chi connectivity index (χ2v) is 15.5. The average molecular weight is 603 g/mol. The molecule has 0 aliphatic carbocycles. The molecule has 2 aliphatic rings. The molecule has 3 aromatic rings. The Balaban J connectivity index is 1.28. The monoisotopic (exact) mass is 602 g/mol. The first-order valence-electron chi connectivity index (χ1n) is 14.6. The van der Waals surface area contributed by atoms with Crippen LogP contribution in [0.2, 0.25) is 0 Å². The molecule has 0 unspecified atom stereocenters. The highest BCUT2D eigenvalue weighted by Gasteiger charge is 2.23. The van der Waals surface area contributed by atoms with Gasteiger partial charge < -0.3 is 29.9 Å². The molecule has 1 saturated heterocycles. The smallest absolute Gasteiger partial charge is 0.232 e. The molecule has 0 spiro atoms. The summed E-state index contributed by atoms with van der Waals surface area (Å²) in [6.07, 6.45) is 12.1. The average Bonchev–Trinajstić information content (AvgIpc) is 3.16. The van der Waals surface area contributed by atoms with Crippen LogP contribution in [0.3, 0.4) is 0 Å². The van der Waals surface area contributed by atoms with Crippen molar-refractivity contribution in [3.63, 3.8) is 0 Å². The van der Waals surface area contributed by atoms with Crippen LogP contribution in [0.5, 0.6) is 5.88 Å². The topological polar surface area (TPSA) is 123 Å². The highest BCUT2D eigenvalue weighted by molar-refractivity contribution is 8.35. The molecule has 43 heavy (non-hydrogen) atoms. The number of fused-ring (bicyclic) bond motifs is 1. The van der Waals surface area contributed by atoms with E-state index in [-0.39, 0.29) is 18.8 Å². The Kier molecular flexibility index (Phi) is 9.65. The molecule has 2 aromatic carbocycles. The van der Waals surface area contributed by atoms with E-state index in [1.165, 1.54) is 35.3 Å². The lowest BCUT2D eigenvalue weighted by Gasteiger charge is -2.29. The number of hydrazine groups is 1. The molecule has 1 atom stereocenters. The lowest BCUT2D eigenvalue weighted by molar-refractivity contribution is -0.0965. The highest BCUT2D eigenvalue weighted by atomic mass is 32.3. The van der Waals surface area contributed by atoms with Crippen molar-refractivity contribution in [3.8, 4) is 23.1 Å². The van der Waals surface area contributed by atoms with Crippen LogP contribution < -0.4 is 21.2 Å². The quantitative estimate of drug-likeness (QED) is 0.244. The van der Waals surface area contributed by atoms with Crippen molar-refractivity contribution in [2.24, 2.45) is 11.6 Å². The lowest BCUT2D eigenvalue weighted by atomic mass is 9.98. The second-order valence-electron chi connectivity index (χ2n) is 11.6. The fourth-order valence-electron chi connectivity index (χ4n) is 5.59. The Morgan fingerprint density at radius 1 is 1.16 bits per heavy atom. The predicted octanol–water partition coefficient (Wildman–Crippen LogP) is 5.42. The summed E-state index contributed by atoms with van der Waals surface area (Å²) in [5, 5.41) is 16.0. The number of aromatic nitrogens is 1. The Hall–Kier alpha value is -3.91. The number of ether oxygens (including phenoxy) is 3. The third-order valence-electron chi connectivity index (χ3n) is 7.81. The number of nitriles is 1. The first kappa shape index (κ1) is 30.5. The van der Waals surface area contributed by atoms with Crippen molar-refractivity contribution in [2.45, 2.75) is 32.0 Å². The van der Waals surface area contributed by atoms with Crippen molar-refractivity contribution >= 4 is 26.5 Å². The molecule has 0 radical (unpaired) electrons. The van der Waals surface area contributed by atoms with E-state index < -0.39 is 10.0 Å². The number of piperidine rings is 1. The second kappa shape index (κ2) is 13.6. The molecule has 0 bridgehead atoms. The maximum Gasteiger partial charge on any atom is 0.232 e. The Labute approximate surface area is 256 Å². The van der Waals surface area contributed by atoms with E-state index in [4.69, 9.17) is 25.8 Å². The largest absolute Gasteiger partial charge is 0.470 e. The van der Waals surface area contributed by atoms with E-state index in [2.05, 4.69) is 64.2 Å². The summed E-state index contributed by atoms with van der Waals surface area (Å²) in [4.78, 5) is 6.79. The third kappa shape index (κ3) is 7.73. The lowest BCUT2D eigenvalue weighted by Crippen LogP contribution is -2.31. The van der Waals surface area contributed by atoms with Gasteiger partial charge in [-0.1, -0.05) is 18.2 Å². The molecule has 9 nitrogen and oxygen atoms in total. The van der Waals surface area contributed by atoms with Crippen molar-refractivity contribution in [2.75, 3.05) is 56.5 Å². The number of nitrogens with two attached hydrogens (primary N) is 2. The van der Waals surface area contributed by atoms with Gasteiger partial charge in [-0.2, -0.15) is 5.26 Å². The van der Waals surface area contributed by atoms with Gasteiger partial charge in [-0.05, 0) is 83.5 Å². The van der Waals surface area contributed by atoms with Gasteiger partial charge in [-0.15, -0.1) is 0 Å². The zero-order valence-electron chi connectivity index (χ0n) is 25.3. The first-order valence-corrected chi connectivity index (χ1v) is 17.3. The molecule has 0 amide bonds. The minimum Gasteiger partial charge on any atom is -0.470 e. The molecule has 5 rings (SSSR count). The highest BCUT2D eigenvalue weighted by Crippen LogP contribution is 2.45. The number of anilines is 1. The number of pyridine rings is 1. The standard InChI is InChI=1S/C33H42N6O3S/c1-40-32-12-16-43(2,3)23-29(42-32)21-39(36)20-27(35)22-41-33-31(19-34)30(11-13-37-33)26-8-7-25-18-28(10-9-24(25)17-26)38-14-5-4-6-15-38/h7-11,13,17-18,20,23,32H,4-6,12,14-16,21-22,35-36H2,1-3H3/b27-20-/t32-/m0/s1. The van der Waals surface area contributed by atoms with E-state index in [1.807, 2.05) is 12.1 Å². The summed E-state index contributed by atoms with van der Waals surface area (Å²) in [5.41, 5.74) is 9.95. The van der Waals surface area contributed by atoms with Crippen LogP contribution in [0.1, 0.15) is 31.2 Å². The normalized spacial score (nSPS) is 19.5. The summed E-state index contributed by atoms with van der Waals surface area (Å²) in [6, 6.07) is 17.0. The van der Waals surface area contributed by atoms with Crippen molar-refractivity contribution in [3.05, 3.63) is 77.3 Å². The van der Waals surface area contributed by atoms with Crippen LogP contribution >= 0.6 is 10.0 Å². The van der Waals surface area contributed by atoms with E-state index in [0.717, 1.165) is 47.5 Å². The number of benzene rings is 2. The minimum absolute atomic E-state index is 0.0210. The van der Waals surface area contributed by atoms with E-state index >= 15 is 0 Å². The van der Waals surface area contributed by atoms with Crippen LogP contribution in [0, 0.1) is 11.3 Å². The Morgan fingerprint density at radius 2 is 1.93 bits per heavy atom. The summed E-state index contributed by atoms with van der Waals surface area (Å²) < 4.78 is 17.4. The van der Waals surface area contributed by atoms with Gasteiger partial charge in [-0.3, -0.25) is 0 Å². The molecule has 10 heteroatoms. The molecule has 228 valence electrons. The number of nitrogens with zero attached hydrogens (tertiary/aromatic N) is 4. The summed E-state index contributed by atoms with van der Waals surface area (Å²) >= 11 is 0. The van der Waals surface area contributed by atoms with Crippen LogP contribution in [-0.4, -0.2) is 67.9 Å². The van der Waals surface area contributed by atoms with Crippen molar-refractivity contribution in [1.82, 2.24) is 9.99 Å². The zero-order chi connectivity index (χ0) is 30.4. The van der Waals surface area contributed by atoms with Gasteiger partial charge in [0.1, 0.15) is 24.0 Å². The van der Waals surface area contributed by atoms with Crippen LogP contribution in [0.25, 0.3) is 21.9 Å². The predicted molar refractivity (Wildman–Crippen MR) is 176 cm³/mol. The van der Waals surface area contributed by atoms with Gasteiger partial charge in [0.05, 0.1) is 12.2 Å². The molecule has 3 heterocycles. The maximum absolute atomic E-state index is 10.1. The fourth-order valence-corrected chi connectivity index (χ4v) is 7.35. The molecule has 2 aliphatic heterocycles. The number of rotatable bonds is 9. The summed E-state index contributed by atoms with van der Waals surface area (Å²) in [6.45, 7) is 2.58. The van der Waals surface area contributed by atoms with E-state index in [1.54, 1.807) is 19.5 Å². The molecule has 4 N–H and O–H groups in total. The van der Waals surface area contributed by atoms with Crippen LogP contribution in [-0.2, 0) is 9.47 Å². The van der Waals surface area contributed by atoms with Gasteiger partial charge in [0.15, 0.2) is 6.29 Å². The molecular weight excluding hydrogens is 560 g/mol. The fraction of sp³-hybridized carbons (Fsp3) is 0.394. The molecule has 1 aromatic heterocycles. The molecular formula is C33H42N6O3S. The van der Waals surface area contributed by atoms with Gasteiger partial charge in [0, 0.05) is 50.3 Å². The maximum atomic E-state index is 10.1. The Morgan fingerprint density at radius 3 is 2.70 bits per heavy atom. The number of hydrogen-bond donors (Lipinski definition) is 2. The summed E-state index contributed by atoms with van der Waals surface area (Å²) in [7, 11) is 0.696.